The Balaban J connectivity index is 1.43. The van der Waals surface area contributed by atoms with Gasteiger partial charge in [0.15, 0.2) is 5.58 Å². The molecular formula is C20H20ClN3O2S. The third-order valence-electron chi connectivity index (χ3n) is 4.53. The van der Waals surface area contributed by atoms with Crippen LogP contribution in [0.1, 0.15) is 19.3 Å². The average Bonchev–Trinajstić information content (AvgIpc) is 3.10. The van der Waals surface area contributed by atoms with Crippen molar-refractivity contribution >= 4 is 51.7 Å². The summed E-state index contributed by atoms with van der Waals surface area (Å²) >= 11 is 7.44. The smallest absolute Gasteiger partial charge is 0.257 e. The standard InChI is InChI=1S/C20H20ClN3O2S/c21-14-8-9-17(24-10-4-1-5-11-24)16(12-14)22-19(25)13-27-20-23-15-6-2-3-7-18(15)26-20/h2-3,6-9,12H,1,4-5,10-11,13H2,(H,22,25). The number of nitrogens with zero attached hydrogens (tertiary/aromatic N) is 2. The highest BCUT2D eigenvalue weighted by atomic mass is 35.5. The number of carbonyl (C=O) groups is 1. The Bertz CT molecular complexity index is 920. The van der Waals surface area contributed by atoms with Gasteiger partial charge in [-0.2, -0.15) is 0 Å². The topological polar surface area (TPSA) is 58.4 Å². The van der Waals surface area contributed by atoms with E-state index >= 15 is 0 Å². The van der Waals surface area contributed by atoms with E-state index in [1.807, 2.05) is 42.5 Å². The Labute approximate surface area is 167 Å². The number of benzene rings is 2. The molecule has 0 saturated carbocycles. The second-order valence-electron chi connectivity index (χ2n) is 6.49. The second kappa shape index (κ2) is 8.23. The largest absolute Gasteiger partial charge is 0.431 e. The van der Waals surface area contributed by atoms with E-state index in [1.165, 1.54) is 31.0 Å². The Hall–Kier alpha value is -2.18. The molecule has 1 saturated heterocycles. The van der Waals surface area contributed by atoms with Gasteiger partial charge in [-0.25, -0.2) is 4.98 Å². The van der Waals surface area contributed by atoms with Crippen LogP contribution in [0.15, 0.2) is 52.1 Å². The van der Waals surface area contributed by atoms with E-state index in [-0.39, 0.29) is 11.7 Å². The van der Waals surface area contributed by atoms with Crippen LogP contribution in [0, 0.1) is 0 Å². The summed E-state index contributed by atoms with van der Waals surface area (Å²) in [5, 5.41) is 4.10. The van der Waals surface area contributed by atoms with Crippen molar-refractivity contribution in [3.05, 3.63) is 47.5 Å². The Morgan fingerprint density at radius 1 is 1.19 bits per heavy atom. The molecule has 3 aromatic rings. The van der Waals surface area contributed by atoms with E-state index in [9.17, 15) is 4.79 Å². The van der Waals surface area contributed by atoms with Crippen LogP contribution >= 0.6 is 23.4 Å². The van der Waals surface area contributed by atoms with E-state index < -0.39 is 0 Å². The normalized spacial score (nSPS) is 14.5. The number of carbonyl (C=O) groups excluding carboxylic acids is 1. The number of aromatic nitrogens is 1. The maximum atomic E-state index is 12.5. The van der Waals surface area contributed by atoms with Crippen molar-refractivity contribution in [1.82, 2.24) is 4.98 Å². The molecule has 4 rings (SSSR count). The Morgan fingerprint density at radius 3 is 2.81 bits per heavy atom. The Morgan fingerprint density at radius 2 is 2.00 bits per heavy atom. The second-order valence-corrected chi connectivity index (χ2v) is 7.86. The van der Waals surface area contributed by atoms with Crippen LogP contribution in [0.2, 0.25) is 5.02 Å². The average molecular weight is 402 g/mol. The van der Waals surface area contributed by atoms with Gasteiger partial charge in [0.2, 0.25) is 5.91 Å². The number of thioether (sulfide) groups is 1. The van der Waals surface area contributed by atoms with Crippen molar-refractivity contribution in [2.24, 2.45) is 0 Å². The molecule has 140 valence electrons. The van der Waals surface area contributed by atoms with Gasteiger partial charge in [-0.15, -0.1) is 0 Å². The van der Waals surface area contributed by atoms with Crippen molar-refractivity contribution in [1.29, 1.82) is 0 Å². The third-order valence-corrected chi connectivity index (χ3v) is 5.59. The number of hydrogen-bond donors (Lipinski definition) is 1. The van der Waals surface area contributed by atoms with Crippen LogP contribution in [0.25, 0.3) is 11.1 Å². The first-order valence-electron chi connectivity index (χ1n) is 9.02. The third kappa shape index (κ3) is 4.39. The number of rotatable bonds is 5. The molecule has 5 nitrogen and oxygen atoms in total. The molecule has 0 atom stereocenters. The summed E-state index contributed by atoms with van der Waals surface area (Å²) in [4.78, 5) is 19.2. The van der Waals surface area contributed by atoms with Gasteiger partial charge < -0.3 is 14.6 Å². The number of amides is 1. The molecule has 1 aliphatic rings. The summed E-state index contributed by atoms with van der Waals surface area (Å²) in [6.45, 7) is 2.00. The van der Waals surface area contributed by atoms with Crippen LogP contribution < -0.4 is 10.2 Å². The summed E-state index contributed by atoms with van der Waals surface area (Å²) in [5.74, 6) is 0.112. The van der Waals surface area contributed by atoms with Crippen molar-refractivity contribution in [2.45, 2.75) is 24.5 Å². The molecule has 1 amide bonds. The minimum absolute atomic E-state index is 0.109. The molecule has 1 N–H and O–H groups in total. The number of fused-ring (bicyclic) bond motifs is 1. The van der Waals surface area contributed by atoms with E-state index in [4.69, 9.17) is 16.0 Å². The molecule has 27 heavy (non-hydrogen) atoms. The van der Waals surface area contributed by atoms with Crippen LogP contribution in [0.3, 0.4) is 0 Å². The summed E-state index contributed by atoms with van der Waals surface area (Å²) in [5.41, 5.74) is 3.30. The summed E-state index contributed by atoms with van der Waals surface area (Å²) in [6.07, 6.45) is 3.60. The predicted octanol–water partition coefficient (Wildman–Crippen LogP) is 5.20. The molecular weight excluding hydrogens is 382 g/mol. The number of piperidine rings is 1. The van der Waals surface area contributed by atoms with Crippen LogP contribution in [-0.4, -0.2) is 29.7 Å². The minimum Gasteiger partial charge on any atom is -0.431 e. The molecule has 7 heteroatoms. The summed E-state index contributed by atoms with van der Waals surface area (Å²) in [7, 11) is 0. The monoisotopic (exact) mass is 401 g/mol. The molecule has 0 unspecified atom stereocenters. The first kappa shape index (κ1) is 18.2. The summed E-state index contributed by atoms with van der Waals surface area (Å²) in [6, 6.07) is 13.2. The summed E-state index contributed by atoms with van der Waals surface area (Å²) < 4.78 is 5.65. The van der Waals surface area contributed by atoms with Crippen molar-refractivity contribution in [3.8, 4) is 0 Å². The maximum absolute atomic E-state index is 12.5. The lowest BCUT2D eigenvalue weighted by molar-refractivity contribution is -0.113. The zero-order valence-electron chi connectivity index (χ0n) is 14.8. The molecule has 0 aliphatic carbocycles. The lowest BCUT2D eigenvalue weighted by Crippen LogP contribution is -2.30. The zero-order chi connectivity index (χ0) is 18.6. The fourth-order valence-corrected chi connectivity index (χ4v) is 4.06. The molecule has 1 fully saturated rings. The lowest BCUT2D eigenvalue weighted by atomic mass is 10.1. The number of hydrogen-bond acceptors (Lipinski definition) is 5. The lowest BCUT2D eigenvalue weighted by Gasteiger charge is -2.30. The van der Waals surface area contributed by atoms with Gasteiger partial charge in [0.1, 0.15) is 5.52 Å². The first-order valence-corrected chi connectivity index (χ1v) is 10.4. The van der Waals surface area contributed by atoms with Crippen molar-refractivity contribution in [2.75, 3.05) is 29.1 Å². The van der Waals surface area contributed by atoms with Gasteiger partial charge in [-0.05, 0) is 49.6 Å². The van der Waals surface area contributed by atoms with Gasteiger partial charge in [-0.3, -0.25) is 4.79 Å². The molecule has 1 aliphatic heterocycles. The number of oxazole rings is 1. The van der Waals surface area contributed by atoms with Gasteiger partial charge >= 0.3 is 0 Å². The molecule has 0 bridgehead atoms. The highest BCUT2D eigenvalue weighted by Gasteiger charge is 2.17. The molecule has 0 radical (unpaired) electrons. The van der Waals surface area contributed by atoms with E-state index in [1.54, 1.807) is 0 Å². The number of anilines is 2. The number of halogens is 1. The van der Waals surface area contributed by atoms with E-state index in [0.29, 0.717) is 10.2 Å². The van der Waals surface area contributed by atoms with Crippen LogP contribution in [0.5, 0.6) is 0 Å². The minimum atomic E-state index is -0.109. The van der Waals surface area contributed by atoms with Gasteiger partial charge in [0.25, 0.3) is 5.22 Å². The van der Waals surface area contributed by atoms with E-state index in [0.717, 1.165) is 35.6 Å². The number of nitrogens with one attached hydrogen (secondary N) is 1. The fourth-order valence-electron chi connectivity index (χ4n) is 3.25. The van der Waals surface area contributed by atoms with Crippen molar-refractivity contribution < 1.29 is 9.21 Å². The quantitative estimate of drug-likeness (QED) is 0.595. The molecule has 1 aromatic heterocycles. The van der Waals surface area contributed by atoms with Crippen LogP contribution in [0.4, 0.5) is 11.4 Å². The van der Waals surface area contributed by atoms with Gasteiger partial charge in [-0.1, -0.05) is 35.5 Å². The molecule has 2 heterocycles. The van der Waals surface area contributed by atoms with Gasteiger partial charge in [0.05, 0.1) is 17.1 Å². The highest BCUT2D eigenvalue weighted by Crippen LogP contribution is 2.31. The number of para-hydroxylation sites is 2. The zero-order valence-corrected chi connectivity index (χ0v) is 16.4. The Kier molecular flexibility index (Phi) is 5.55. The first-order chi connectivity index (χ1) is 13.2. The molecule has 2 aromatic carbocycles. The highest BCUT2D eigenvalue weighted by molar-refractivity contribution is 7.99. The van der Waals surface area contributed by atoms with Crippen molar-refractivity contribution in [3.63, 3.8) is 0 Å². The molecule has 0 spiro atoms. The predicted molar refractivity (Wildman–Crippen MR) is 111 cm³/mol. The maximum Gasteiger partial charge on any atom is 0.257 e. The van der Waals surface area contributed by atoms with E-state index in [2.05, 4.69) is 15.2 Å². The van der Waals surface area contributed by atoms with Crippen LogP contribution in [-0.2, 0) is 4.79 Å². The SMILES string of the molecule is O=C(CSc1nc2ccccc2o1)Nc1cc(Cl)ccc1N1CCCCC1. The fraction of sp³-hybridized carbons (Fsp3) is 0.300. The van der Waals surface area contributed by atoms with Gasteiger partial charge in [0, 0.05) is 18.1 Å².